The summed E-state index contributed by atoms with van der Waals surface area (Å²) in [6, 6.07) is 26.1. The number of hydrogen-bond donors (Lipinski definition) is 0. The van der Waals surface area contributed by atoms with Gasteiger partial charge in [0.2, 0.25) is 0 Å². The Balaban J connectivity index is 0.000000203. The third-order valence-corrected chi connectivity index (χ3v) is 30.3. The van der Waals surface area contributed by atoms with Crippen LogP contribution in [0.2, 0.25) is 35.2 Å². The molecule has 7 heterocycles. The molecule has 7 aliphatic heterocycles. The first-order valence-electron chi connectivity index (χ1n) is 51.1. The van der Waals surface area contributed by atoms with E-state index in [2.05, 4.69) is 160 Å². The maximum atomic E-state index is 13.4. The van der Waals surface area contributed by atoms with E-state index in [-0.39, 0.29) is 43.9 Å². The highest BCUT2D eigenvalue weighted by atomic mass is 35.5. The number of aryl methyl sites for hydroxylation is 2. The molecule has 142 heavy (non-hydrogen) atoms. The lowest BCUT2D eigenvalue weighted by molar-refractivity contribution is -0.139. The molecule has 0 saturated carbocycles. The van der Waals surface area contributed by atoms with Crippen molar-refractivity contribution in [3.63, 3.8) is 0 Å². The molecule has 30 heteroatoms. The van der Waals surface area contributed by atoms with Crippen molar-refractivity contribution in [1.29, 1.82) is 0 Å². The Labute approximate surface area is 878 Å². The van der Waals surface area contributed by atoms with E-state index >= 15 is 0 Å². The van der Waals surface area contributed by atoms with E-state index in [4.69, 9.17) is 114 Å². The fraction of sp³-hybridized carbons (Fsp3) is 0.625. The van der Waals surface area contributed by atoms with Gasteiger partial charge in [0.25, 0.3) is 0 Å². The number of halogens is 16. The molecule has 0 N–H and O–H groups in total. The van der Waals surface area contributed by atoms with Gasteiger partial charge < -0.3 is 33.2 Å². The Kier molecular flexibility index (Phi) is 52.7. The van der Waals surface area contributed by atoms with Gasteiger partial charge in [-0.2, -0.15) is 39.5 Å². The molecule has 0 aliphatic carbocycles. The van der Waals surface area contributed by atoms with E-state index in [1.165, 1.54) is 72.8 Å². The first kappa shape index (κ1) is 123. The van der Waals surface area contributed by atoms with Crippen molar-refractivity contribution in [3.05, 3.63) is 237 Å². The molecule has 0 aromatic heterocycles. The van der Waals surface area contributed by atoms with Crippen molar-refractivity contribution in [2.45, 2.75) is 230 Å². The number of morpholine rings is 7. The molecule has 0 amide bonds. The predicted octanol–water partition coefficient (Wildman–Crippen LogP) is 27.7. The van der Waals surface area contributed by atoms with Crippen LogP contribution >= 0.6 is 81.2 Å². The highest BCUT2D eigenvalue weighted by molar-refractivity contribution is 6.34. The van der Waals surface area contributed by atoms with Gasteiger partial charge in [-0.1, -0.05) is 227 Å². The Morgan fingerprint density at radius 3 is 0.958 bits per heavy atom. The molecule has 7 aliphatic rings. The molecular formula is C112H159Cl7F9N7O7. The zero-order valence-electron chi connectivity index (χ0n) is 87.4. The van der Waals surface area contributed by atoms with Gasteiger partial charge in [-0.3, -0.25) is 34.3 Å². The summed E-state index contributed by atoms with van der Waals surface area (Å²) in [6.45, 7) is 67.9. The Bertz CT molecular complexity index is 4860. The second-order valence-corrected chi connectivity index (χ2v) is 42.8. The SMILES string of the molecule is CC(C)c1c(Cl)cc(CCN2CCOCC2)cc1C(F)(F)F.CC(C)c1ccc(C(F)(F)F)c(Cl)c1CCN1CCOCC1.CC(C)c1ccc(CCN2CCOCC2)c(C(F)(F)F)c1Cl.Cc1c(C(C)C)ccc(Cl)c1CCN1CCOCC1.Cc1c(Cl)ccc(C(C)C)c1CCN1CCOCC1.Cc1cc(CCN2CCOCC2)c(Cl)cc1C(C)C.Cc1ccc(C(C)C)c(CCN2CCOCC2)c1Cl. The van der Waals surface area contributed by atoms with Crippen molar-refractivity contribution in [3.8, 4) is 0 Å². The van der Waals surface area contributed by atoms with Crippen molar-refractivity contribution >= 4 is 81.2 Å². The summed E-state index contributed by atoms with van der Waals surface area (Å²) < 4.78 is 157. The first-order valence-corrected chi connectivity index (χ1v) is 53.8. The van der Waals surface area contributed by atoms with Crippen LogP contribution in [0.25, 0.3) is 0 Å². The highest BCUT2D eigenvalue weighted by Crippen LogP contribution is 2.45. The standard InChI is InChI=1S/3C16H21ClF3NO.4C16H24ClNO/c1-11(2)15-13(16(18,19)20)9-12(10-14(15)17)3-4-21-5-7-22-8-6-21;1-11(2)12-3-4-14(16(18,19)20)15(17)13(12)5-6-21-7-9-22-10-8-21;1-11(2)13-4-3-12(14(15(13)17)16(18,19)20)5-6-21-7-9-22-10-8-21;1-12(2)15-11-16(17)14(10-13(15)3)4-5-18-6-8-19-9-7-18;1-12(2)14-4-5-16(17)13(3)15(14)6-7-18-8-10-19-11-9-18;1-12(2)14-4-5-16(17)15(13(14)3)6-7-18-8-10-19-11-9-18;1-12(2)14-5-4-13(3)16(17)15(14)6-7-18-8-10-19-11-9-18/h9-11H,3-8H2,1-2H3;2*3-4,11H,5-10H2,1-2H3;10-12H,4-9H2,1-3H3;3*4-5,12H,6-11H2,1-3H3. The number of ether oxygens (including phenoxy) is 7. The van der Waals surface area contributed by atoms with Crippen LogP contribution < -0.4 is 0 Å². The van der Waals surface area contributed by atoms with Gasteiger partial charge in [0, 0.05) is 163 Å². The second kappa shape index (κ2) is 61.0. The fourth-order valence-corrected chi connectivity index (χ4v) is 21.3. The quantitative estimate of drug-likeness (QED) is 0.0436. The van der Waals surface area contributed by atoms with Crippen LogP contribution in [-0.4, -0.2) is 264 Å². The van der Waals surface area contributed by atoms with E-state index in [0.717, 1.165) is 235 Å². The minimum Gasteiger partial charge on any atom is -0.379 e. The molecule has 0 radical (unpaired) electrons. The van der Waals surface area contributed by atoms with Gasteiger partial charge in [0.15, 0.2) is 0 Å². The second-order valence-electron chi connectivity index (χ2n) is 40.1. The first-order chi connectivity index (χ1) is 67.2. The third-order valence-electron chi connectivity index (χ3n) is 27.5. The number of hydrogen-bond acceptors (Lipinski definition) is 14. The zero-order chi connectivity index (χ0) is 104. The summed E-state index contributed by atoms with van der Waals surface area (Å²) in [4.78, 5) is 16.4. The van der Waals surface area contributed by atoms with Crippen LogP contribution in [0.1, 0.15) is 255 Å². The van der Waals surface area contributed by atoms with E-state index in [1.54, 1.807) is 38.1 Å². The summed E-state index contributed by atoms with van der Waals surface area (Å²) in [5.41, 5.74) is 17.3. The van der Waals surface area contributed by atoms with Gasteiger partial charge in [-0.05, 0) is 251 Å². The van der Waals surface area contributed by atoms with E-state index in [1.807, 2.05) is 33.8 Å². The summed E-state index contributed by atoms with van der Waals surface area (Å²) in [7, 11) is 0. The van der Waals surface area contributed by atoms with Gasteiger partial charge in [-0.25, -0.2) is 0 Å². The molecule has 14 nitrogen and oxygen atoms in total. The summed E-state index contributed by atoms with van der Waals surface area (Å²) >= 11 is 43.9. The van der Waals surface area contributed by atoms with Crippen molar-refractivity contribution in [1.82, 2.24) is 34.3 Å². The van der Waals surface area contributed by atoms with Crippen LogP contribution in [0.4, 0.5) is 39.5 Å². The average molecular weight is 2130 g/mol. The molecule has 0 bridgehead atoms. The Morgan fingerprint density at radius 2 is 0.577 bits per heavy atom. The molecule has 7 saturated heterocycles. The topological polar surface area (TPSA) is 87.3 Å². The van der Waals surface area contributed by atoms with Gasteiger partial charge in [0.1, 0.15) is 0 Å². The minimum absolute atomic E-state index is 0.0399. The molecule has 0 unspecified atom stereocenters. The van der Waals surface area contributed by atoms with Crippen LogP contribution in [0.5, 0.6) is 0 Å². The average Bonchev–Trinajstić information content (AvgIpc) is 0.823. The lowest BCUT2D eigenvalue weighted by Gasteiger charge is -2.27. The smallest absolute Gasteiger partial charge is 0.379 e. The number of alkyl halides is 9. The van der Waals surface area contributed by atoms with Crippen LogP contribution in [0.3, 0.4) is 0 Å². The lowest BCUT2D eigenvalue weighted by atomic mass is 9.91. The number of rotatable bonds is 28. The molecule has 0 spiro atoms. The van der Waals surface area contributed by atoms with Crippen molar-refractivity contribution in [2.24, 2.45) is 0 Å². The summed E-state index contributed by atoms with van der Waals surface area (Å²) in [6.07, 6.45) is -7.62. The zero-order valence-corrected chi connectivity index (χ0v) is 92.7. The maximum absolute atomic E-state index is 13.4. The monoisotopic (exact) mass is 2130 g/mol. The van der Waals surface area contributed by atoms with Gasteiger partial charge >= 0.3 is 18.5 Å². The fourth-order valence-electron chi connectivity index (χ4n) is 19.0. The molecule has 7 fully saturated rings. The summed E-state index contributed by atoms with van der Waals surface area (Å²) in [5, 5.41) is 3.59. The van der Waals surface area contributed by atoms with Crippen molar-refractivity contribution in [2.75, 3.05) is 230 Å². The molecular weight excluding hydrogens is 1970 g/mol. The molecule has 796 valence electrons. The van der Waals surface area contributed by atoms with E-state index < -0.39 is 35.2 Å². The van der Waals surface area contributed by atoms with Crippen LogP contribution in [0, 0.1) is 27.7 Å². The molecule has 0 atom stereocenters. The summed E-state index contributed by atoms with van der Waals surface area (Å²) in [5.74, 6) is 2.00. The third kappa shape index (κ3) is 39.3. The van der Waals surface area contributed by atoms with Gasteiger partial charge in [0.05, 0.1) is 119 Å². The molecule has 7 aromatic rings. The normalized spacial score (nSPS) is 17.2. The van der Waals surface area contributed by atoms with E-state index in [0.29, 0.717) is 112 Å². The number of benzene rings is 7. The van der Waals surface area contributed by atoms with Crippen molar-refractivity contribution < 1.29 is 72.7 Å². The Hall–Kier alpha value is -4.62. The number of nitrogens with zero attached hydrogens (tertiary/aromatic N) is 7. The predicted molar refractivity (Wildman–Crippen MR) is 569 cm³/mol. The molecule has 7 aromatic carbocycles. The highest BCUT2D eigenvalue weighted by Gasteiger charge is 2.40. The van der Waals surface area contributed by atoms with Crippen LogP contribution in [-0.2, 0) is 96.6 Å². The van der Waals surface area contributed by atoms with Gasteiger partial charge in [-0.15, -0.1) is 0 Å². The lowest BCUT2D eigenvalue weighted by Crippen LogP contribution is -2.37. The molecule has 14 rings (SSSR count). The van der Waals surface area contributed by atoms with E-state index in [9.17, 15) is 39.5 Å². The Morgan fingerprint density at radius 1 is 0.254 bits per heavy atom. The largest absolute Gasteiger partial charge is 0.418 e. The van der Waals surface area contributed by atoms with Crippen LogP contribution in [0.15, 0.2) is 84.9 Å². The maximum Gasteiger partial charge on any atom is 0.418 e. The minimum atomic E-state index is -4.43.